The maximum atomic E-state index is 12.5. The monoisotopic (exact) mass is 267 g/mol. The van der Waals surface area contributed by atoms with Gasteiger partial charge in [-0.25, -0.2) is 0 Å². The number of hydrogen-bond donors (Lipinski definition) is 1. The maximum Gasteiger partial charge on any atom is 0.308 e. The Morgan fingerprint density at radius 3 is 2.11 bits per heavy atom. The number of likely N-dealkylation sites (tertiary alicyclic amines) is 1. The molecule has 4 heteroatoms. The molecular formula is C15H25NO3. The van der Waals surface area contributed by atoms with Crippen molar-refractivity contribution in [1.82, 2.24) is 4.90 Å². The molecule has 1 heterocycles. The Morgan fingerprint density at radius 2 is 1.58 bits per heavy atom. The van der Waals surface area contributed by atoms with Crippen molar-refractivity contribution in [2.24, 2.45) is 17.8 Å². The zero-order chi connectivity index (χ0) is 13.8. The van der Waals surface area contributed by atoms with Crippen molar-refractivity contribution in [2.45, 2.75) is 51.9 Å². The van der Waals surface area contributed by atoms with Gasteiger partial charge in [0.2, 0.25) is 5.91 Å². The van der Waals surface area contributed by atoms with E-state index in [2.05, 4.69) is 0 Å². The van der Waals surface area contributed by atoms with Crippen LogP contribution >= 0.6 is 0 Å². The fraction of sp³-hybridized carbons (Fsp3) is 0.867. The van der Waals surface area contributed by atoms with E-state index in [-0.39, 0.29) is 23.7 Å². The maximum absolute atomic E-state index is 12.5. The first-order valence-electron chi connectivity index (χ1n) is 7.61. The van der Waals surface area contributed by atoms with Crippen LogP contribution in [0.1, 0.15) is 51.9 Å². The van der Waals surface area contributed by atoms with E-state index in [4.69, 9.17) is 5.11 Å². The molecule has 108 valence electrons. The second kappa shape index (κ2) is 6.40. The molecule has 1 amide bonds. The van der Waals surface area contributed by atoms with Crippen LogP contribution in [0, 0.1) is 17.8 Å². The van der Waals surface area contributed by atoms with Crippen molar-refractivity contribution >= 4 is 11.9 Å². The van der Waals surface area contributed by atoms with Crippen LogP contribution in [-0.4, -0.2) is 35.0 Å². The van der Waals surface area contributed by atoms with Gasteiger partial charge in [0.05, 0.1) is 5.92 Å². The lowest BCUT2D eigenvalue weighted by Gasteiger charge is -2.24. The predicted molar refractivity (Wildman–Crippen MR) is 72.7 cm³/mol. The zero-order valence-electron chi connectivity index (χ0n) is 11.8. The van der Waals surface area contributed by atoms with Crippen molar-refractivity contribution in [1.29, 1.82) is 0 Å². The first-order chi connectivity index (χ1) is 9.09. The molecule has 4 nitrogen and oxygen atoms in total. The molecule has 2 atom stereocenters. The van der Waals surface area contributed by atoms with Gasteiger partial charge in [0.15, 0.2) is 0 Å². The van der Waals surface area contributed by atoms with Crippen LogP contribution in [0.4, 0.5) is 0 Å². The molecule has 1 saturated carbocycles. The van der Waals surface area contributed by atoms with Gasteiger partial charge in [0, 0.05) is 19.0 Å². The quantitative estimate of drug-likeness (QED) is 0.836. The highest BCUT2D eigenvalue weighted by Gasteiger charge is 2.38. The molecule has 0 bridgehead atoms. The van der Waals surface area contributed by atoms with Crippen LogP contribution in [-0.2, 0) is 9.59 Å². The van der Waals surface area contributed by atoms with Crippen molar-refractivity contribution < 1.29 is 14.7 Å². The summed E-state index contributed by atoms with van der Waals surface area (Å²) in [5, 5.41) is 9.14. The summed E-state index contributed by atoms with van der Waals surface area (Å²) < 4.78 is 0. The van der Waals surface area contributed by atoms with Crippen molar-refractivity contribution in [2.75, 3.05) is 13.1 Å². The summed E-state index contributed by atoms with van der Waals surface area (Å²) >= 11 is 0. The Labute approximate surface area is 115 Å². The molecule has 2 rings (SSSR count). The molecular weight excluding hydrogens is 242 g/mol. The number of amides is 1. The van der Waals surface area contributed by atoms with Gasteiger partial charge in [-0.1, -0.05) is 39.0 Å². The lowest BCUT2D eigenvalue weighted by Crippen LogP contribution is -2.35. The van der Waals surface area contributed by atoms with E-state index < -0.39 is 5.97 Å². The summed E-state index contributed by atoms with van der Waals surface area (Å²) in [4.78, 5) is 25.4. The Bertz CT molecular complexity index is 334. The molecule has 19 heavy (non-hydrogen) atoms. The summed E-state index contributed by atoms with van der Waals surface area (Å²) in [6, 6.07) is 0. The highest BCUT2D eigenvalue weighted by atomic mass is 16.4. The molecule has 0 aromatic rings. The molecule has 0 spiro atoms. The number of carboxylic acids is 1. The summed E-state index contributed by atoms with van der Waals surface area (Å²) in [6.07, 6.45) is 8.02. The molecule has 1 saturated heterocycles. The molecule has 0 aromatic carbocycles. The first kappa shape index (κ1) is 14.4. The Kier molecular flexibility index (Phi) is 4.83. The number of carbonyl (C=O) groups is 2. The number of carbonyl (C=O) groups excluding carboxylic acids is 1. The number of aliphatic carboxylic acids is 1. The standard InChI is InChI=1S/C15H25NO3/c1-11-9-16(10-13(11)15(18)19)14(17)12-7-5-3-2-4-6-8-12/h11-13H,2-10H2,1H3,(H,18,19). The van der Waals surface area contributed by atoms with E-state index >= 15 is 0 Å². The molecule has 1 N–H and O–H groups in total. The average molecular weight is 267 g/mol. The number of carboxylic acid groups (broad SMARTS) is 1. The van der Waals surface area contributed by atoms with Gasteiger partial charge in [0.1, 0.15) is 0 Å². The lowest BCUT2D eigenvalue weighted by molar-refractivity contribution is -0.142. The van der Waals surface area contributed by atoms with Crippen LogP contribution in [0.25, 0.3) is 0 Å². The van der Waals surface area contributed by atoms with Gasteiger partial charge in [-0.3, -0.25) is 9.59 Å². The van der Waals surface area contributed by atoms with E-state index in [0.29, 0.717) is 13.1 Å². The van der Waals surface area contributed by atoms with Crippen molar-refractivity contribution in [3.05, 3.63) is 0 Å². The van der Waals surface area contributed by atoms with Crippen LogP contribution < -0.4 is 0 Å². The summed E-state index contributed by atoms with van der Waals surface area (Å²) in [5.41, 5.74) is 0. The summed E-state index contributed by atoms with van der Waals surface area (Å²) in [5.74, 6) is -0.717. The lowest BCUT2D eigenvalue weighted by atomic mass is 9.90. The second-order valence-electron chi connectivity index (χ2n) is 6.21. The van der Waals surface area contributed by atoms with Crippen LogP contribution in [0.15, 0.2) is 0 Å². The first-order valence-corrected chi connectivity index (χ1v) is 7.61. The molecule has 2 fully saturated rings. The van der Waals surface area contributed by atoms with Crippen LogP contribution in [0.2, 0.25) is 0 Å². The Balaban J connectivity index is 1.93. The van der Waals surface area contributed by atoms with Gasteiger partial charge >= 0.3 is 5.97 Å². The fourth-order valence-electron chi connectivity index (χ4n) is 3.43. The minimum absolute atomic E-state index is 0.0787. The summed E-state index contributed by atoms with van der Waals surface area (Å²) in [6.45, 7) is 2.96. The van der Waals surface area contributed by atoms with E-state index in [1.807, 2.05) is 6.92 Å². The minimum atomic E-state index is -0.763. The van der Waals surface area contributed by atoms with Crippen molar-refractivity contribution in [3.63, 3.8) is 0 Å². The number of hydrogen-bond acceptors (Lipinski definition) is 2. The zero-order valence-corrected chi connectivity index (χ0v) is 11.8. The fourth-order valence-corrected chi connectivity index (χ4v) is 3.43. The van der Waals surface area contributed by atoms with Gasteiger partial charge in [0.25, 0.3) is 0 Å². The Hall–Kier alpha value is -1.06. The van der Waals surface area contributed by atoms with E-state index in [1.165, 1.54) is 19.3 Å². The smallest absolute Gasteiger partial charge is 0.308 e. The van der Waals surface area contributed by atoms with Gasteiger partial charge in [-0.15, -0.1) is 0 Å². The summed E-state index contributed by atoms with van der Waals surface area (Å²) in [7, 11) is 0. The molecule has 2 unspecified atom stereocenters. The van der Waals surface area contributed by atoms with E-state index in [9.17, 15) is 9.59 Å². The average Bonchev–Trinajstić information content (AvgIpc) is 2.70. The Morgan fingerprint density at radius 1 is 1.00 bits per heavy atom. The second-order valence-corrected chi connectivity index (χ2v) is 6.21. The predicted octanol–water partition coefficient (Wildman–Crippen LogP) is 2.53. The highest BCUT2D eigenvalue weighted by molar-refractivity contribution is 5.81. The third-order valence-electron chi connectivity index (χ3n) is 4.70. The topological polar surface area (TPSA) is 57.6 Å². The molecule has 0 radical (unpaired) electrons. The largest absolute Gasteiger partial charge is 0.481 e. The third-order valence-corrected chi connectivity index (χ3v) is 4.70. The van der Waals surface area contributed by atoms with E-state index in [0.717, 1.165) is 25.7 Å². The SMILES string of the molecule is CC1CN(C(=O)C2CCCCCCC2)CC1C(=O)O. The van der Waals surface area contributed by atoms with Crippen LogP contribution in [0.3, 0.4) is 0 Å². The van der Waals surface area contributed by atoms with E-state index in [1.54, 1.807) is 4.90 Å². The number of nitrogens with zero attached hydrogens (tertiary/aromatic N) is 1. The highest BCUT2D eigenvalue weighted by Crippen LogP contribution is 2.29. The van der Waals surface area contributed by atoms with Gasteiger partial charge in [-0.2, -0.15) is 0 Å². The normalized spacial score (nSPS) is 29.8. The minimum Gasteiger partial charge on any atom is -0.481 e. The molecule has 1 aliphatic carbocycles. The van der Waals surface area contributed by atoms with Gasteiger partial charge < -0.3 is 10.0 Å². The molecule has 1 aliphatic heterocycles. The molecule has 2 aliphatic rings. The third kappa shape index (κ3) is 3.48. The van der Waals surface area contributed by atoms with Gasteiger partial charge in [-0.05, 0) is 18.8 Å². The van der Waals surface area contributed by atoms with Crippen LogP contribution in [0.5, 0.6) is 0 Å². The molecule has 0 aromatic heterocycles. The number of rotatable bonds is 2. The van der Waals surface area contributed by atoms with Crippen molar-refractivity contribution in [3.8, 4) is 0 Å².